The van der Waals surface area contributed by atoms with Gasteiger partial charge in [0.1, 0.15) is 5.01 Å². The number of hydrogen-bond donors (Lipinski definition) is 2. The van der Waals surface area contributed by atoms with Crippen LogP contribution in [-0.2, 0) is 11.3 Å². The molecule has 1 aromatic carbocycles. The molecule has 0 atom stereocenters. The molecule has 1 aromatic heterocycles. The van der Waals surface area contributed by atoms with Gasteiger partial charge in [-0.3, -0.25) is 4.79 Å². The Labute approximate surface area is 200 Å². The molecule has 2 aromatic rings. The summed E-state index contributed by atoms with van der Waals surface area (Å²) < 4.78 is 0. The smallest absolute Gasteiger partial charge is 0.230 e. The first-order chi connectivity index (χ1) is 14.0. The van der Waals surface area contributed by atoms with Crippen LogP contribution in [-0.4, -0.2) is 48.9 Å². The van der Waals surface area contributed by atoms with Crippen molar-refractivity contribution >= 4 is 47.2 Å². The van der Waals surface area contributed by atoms with E-state index in [1.807, 2.05) is 39.2 Å². The Morgan fingerprint density at radius 2 is 1.90 bits per heavy atom. The van der Waals surface area contributed by atoms with E-state index in [4.69, 9.17) is 9.98 Å². The van der Waals surface area contributed by atoms with Crippen LogP contribution in [0.5, 0.6) is 0 Å². The molecule has 3 rings (SSSR count). The third kappa shape index (κ3) is 6.16. The van der Waals surface area contributed by atoms with Gasteiger partial charge in [0.25, 0.3) is 0 Å². The molecule has 164 valence electrons. The molecule has 1 heterocycles. The van der Waals surface area contributed by atoms with Crippen LogP contribution < -0.4 is 10.6 Å². The number of hydrogen-bond acceptors (Lipinski definition) is 4. The van der Waals surface area contributed by atoms with Gasteiger partial charge in [0, 0.05) is 38.1 Å². The van der Waals surface area contributed by atoms with Crippen molar-refractivity contribution in [3.63, 3.8) is 0 Å². The van der Waals surface area contributed by atoms with Gasteiger partial charge in [-0.2, -0.15) is 0 Å². The highest BCUT2D eigenvalue weighted by atomic mass is 127. The molecule has 1 aliphatic rings. The second-order valence-corrected chi connectivity index (χ2v) is 8.67. The van der Waals surface area contributed by atoms with Gasteiger partial charge in [-0.05, 0) is 19.8 Å². The molecule has 6 nitrogen and oxygen atoms in total. The molecule has 0 spiro atoms. The second kappa shape index (κ2) is 11.6. The van der Waals surface area contributed by atoms with Gasteiger partial charge in [-0.15, -0.1) is 35.3 Å². The first-order valence-electron chi connectivity index (χ1n) is 10.3. The number of aliphatic imine (C=N–C) groups is 1. The number of nitrogens with zero attached hydrogens (tertiary/aromatic N) is 3. The molecule has 1 aliphatic carbocycles. The Kier molecular flexibility index (Phi) is 9.54. The van der Waals surface area contributed by atoms with Gasteiger partial charge in [0.2, 0.25) is 5.91 Å². The first-order valence-corrected chi connectivity index (χ1v) is 11.2. The largest absolute Gasteiger partial charge is 0.357 e. The molecular weight excluding hydrogens is 509 g/mol. The van der Waals surface area contributed by atoms with Crippen molar-refractivity contribution in [2.24, 2.45) is 10.4 Å². The monoisotopic (exact) mass is 541 g/mol. The highest BCUT2D eigenvalue weighted by Crippen LogP contribution is 2.38. The number of nitrogens with one attached hydrogen (secondary N) is 2. The van der Waals surface area contributed by atoms with Gasteiger partial charge in [-0.25, -0.2) is 9.98 Å². The van der Waals surface area contributed by atoms with Crippen molar-refractivity contribution in [3.05, 3.63) is 40.7 Å². The molecule has 0 unspecified atom stereocenters. The van der Waals surface area contributed by atoms with Crippen LogP contribution in [0, 0.1) is 5.41 Å². The zero-order valence-corrected chi connectivity index (χ0v) is 21.1. The van der Waals surface area contributed by atoms with Crippen molar-refractivity contribution < 1.29 is 4.79 Å². The summed E-state index contributed by atoms with van der Waals surface area (Å²) in [6.07, 6.45) is 4.08. The number of rotatable bonds is 7. The topological polar surface area (TPSA) is 69.6 Å². The Morgan fingerprint density at radius 1 is 1.20 bits per heavy atom. The minimum atomic E-state index is -0.318. The molecule has 0 aliphatic heterocycles. The van der Waals surface area contributed by atoms with E-state index in [1.165, 1.54) is 0 Å². The standard InChI is InChI=1S/C22H31N5OS.HI/c1-4-23-21(25-16-22(12-8-9-13-22)20(28)27(2)3)24-14-19-26-18(15-29-19)17-10-6-5-7-11-17;/h5-7,10-11,15H,4,8-9,12-14,16H2,1-3H3,(H2,23,24,25);1H. The maximum Gasteiger partial charge on any atom is 0.230 e. The predicted molar refractivity (Wildman–Crippen MR) is 135 cm³/mol. The van der Waals surface area contributed by atoms with Crippen LogP contribution >= 0.6 is 35.3 Å². The summed E-state index contributed by atoms with van der Waals surface area (Å²) in [5.74, 6) is 0.951. The van der Waals surface area contributed by atoms with Gasteiger partial charge in [-0.1, -0.05) is 43.2 Å². The predicted octanol–water partition coefficient (Wildman–Crippen LogP) is 4.13. The Balaban J connectivity index is 0.00000320. The van der Waals surface area contributed by atoms with Crippen LogP contribution in [0.3, 0.4) is 0 Å². The van der Waals surface area contributed by atoms with Crippen molar-refractivity contribution in [3.8, 4) is 11.3 Å². The second-order valence-electron chi connectivity index (χ2n) is 7.73. The van der Waals surface area contributed by atoms with Gasteiger partial charge < -0.3 is 15.5 Å². The minimum Gasteiger partial charge on any atom is -0.357 e. The summed E-state index contributed by atoms with van der Waals surface area (Å²) in [4.78, 5) is 23.9. The van der Waals surface area contributed by atoms with E-state index in [9.17, 15) is 4.79 Å². The van der Waals surface area contributed by atoms with E-state index in [0.29, 0.717) is 13.1 Å². The Bertz CT molecular complexity index is 831. The van der Waals surface area contributed by atoms with E-state index in [0.717, 1.165) is 54.5 Å². The number of aromatic nitrogens is 1. The number of guanidine groups is 1. The number of carbonyl (C=O) groups is 1. The van der Waals surface area contributed by atoms with E-state index in [-0.39, 0.29) is 35.3 Å². The average molecular weight is 542 g/mol. The van der Waals surface area contributed by atoms with Gasteiger partial charge in [0.15, 0.2) is 5.96 Å². The fourth-order valence-corrected chi connectivity index (χ4v) is 4.59. The lowest BCUT2D eigenvalue weighted by Crippen LogP contribution is -2.49. The zero-order chi connectivity index (χ0) is 20.7. The molecule has 1 saturated carbocycles. The third-order valence-electron chi connectivity index (χ3n) is 5.35. The lowest BCUT2D eigenvalue weighted by molar-refractivity contribution is -0.138. The van der Waals surface area contributed by atoms with Gasteiger partial charge in [0.05, 0.1) is 17.7 Å². The molecule has 2 N–H and O–H groups in total. The molecule has 1 amide bonds. The summed E-state index contributed by atoms with van der Waals surface area (Å²) in [6.45, 7) is 3.95. The normalized spacial score (nSPS) is 15.4. The number of halogens is 1. The van der Waals surface area contributed by atoms with Crippen LogP contribution in [0.15, 0.2) is 40.7 Å². The van der Waals surface area contributed by atoms with E-state index in [2.05, 4.69) is 28.1 Å². The molecule has 30 heavy (non-hydrogen) atoms. The summed E-state index contributed by atoms with van der Waals surface area (Å²) in [6, 6.07) is 10.2. The third-order valence-corrected chi connectivity index (χ3v) is 6.19. The van der Waals surface area contributed by atoms with E-state index in [1.54, 1.807) is 16.2 Å². The molecule has 0 saturated heterocycles. The molecule has 1 fully saturated rings. The first kappa shape index (κ1) is 24.6. The van der Waals surface area contributed by atoms with E-state index < -0.39 is 0 Å². The lowest BCUT2D eigenvalue weighted by Gasteiger charge is -2.31. The lowest BCUT2D eigenvalue weighted by atomic mass is 9.84. The zero-order valence-electron chi connectivity index (χ0n) is 18.0. The van der Waals surface area contributed by atoms with Crippen molar-refractivity contribution in [1.29, 1.82) is 0 Å². The fourth-order valence-electron chi connectivity index (χ4n) is 3.86. The van der Waals surface area contributed by atoms with Crippen molar-refractivity contribution in [1.82, 2.24) is 20.5 Å². The summed E-state index contributed by atoms with van der Waals surface area (Å²) in [7, 11) is 3.68. The quantitative estimate of drug-likeness (QED) is 0.314. The fraction of sp³-hybridized carbons (Fsp3) is 0.500. The van der Waals surface area contributed by atoms with Crippen LogP contribution in [0.2, 0.25) is 0 Å². The molecule has 0 bridgehead atoms. The van der Waals surface area contributed by atoms with Gasteiger partial charge >= 0.3 is 0 Å². The Hall–Kier alpha value is -1.68. The highest BCUT2D eigenvalue weighted by Gasteiger charge is 2.42. The maximum atomic E-state index is 12.8. The number of thiazole rings is 1. The van der Waals surface area contributed by atoms with E-state index >= 15 is 0 Å². The maximum absolute atomic E-state index is 12.8. The number of amides is 1. The van der Waals surface area contributed by atoms with Crippen molar-refractivity contribution in [2.75, 3.05) is 27.2 Å². The molecular formula is C22H32IN5OS. The number of carbonyl (C=O) groups excluding carboxylic acids is 1. The summed E-state index contributed by atoms with van der Waals surface area (Å²) in [5, 5.41) is 9.75. The van der Waals surface area contributed by atoms with Crippen LogP contribution in [0.1, 0.15) is 37.6 Å². The van der Waals surface area contributed by atoms with Crippen LogP contribution in [0.25, 0.3) is 11.3 Å². The average Bonchev–Trinajstić information content (AvgIpc) is 3.40. The molecule has 8 heteroatoms. The number of benzene rings is 1. The highest BCUT2D eigenvalue weighted by molar-refractivity contribution is 14.0. The summed E-state index contributed by atoms with van der Waals surface area (Å²) >= 11 is 1.62. The van der Waals surface area contributed by atoms with Crippen LogP contribution in [0.4, 0.5) is 0 Å². The van der Waals surface area contributed by atoms with Crippen molar-refractivity contribution in [2.45, 2.75) is 39.2 Å². The molecule has 0 radical (unpaired) electrons. The summed E-state index contributed by atoms with van der Waals surface area (Å²) in [5.41, 5.74) is 1.79. The Morgan fingerprint density at radius 3 is 2.53 bits per heavy atom. The minimum absolute atomic E-state index is 0. The SMILES string of the molecule is CCNC(=NCc1nc(-c2ccccc2)cs1)NCC1(C(=O)N(C)C)CCCC1.I.